The highest BCUT2D eigenvalue weighted by atomic mass is 19.4. The van der Waals surface area contributed by atoms with Crippen LogP contribution in [0.2, 0.25) is 0 Å². The van der Waals surface area contributed by atoms with Crippen molar-refractivity contribution >= 4 is 11.8 Å². The second kappa shape index (κ2) is 8.12. The second-order valence-corrected chi connectivity index (χ2v) is 5.55. The van der Waals surface area contributed by atoms with Gasteiger partial charge in [0.2, 0.25) is 0 Å². The quantitative estimate of drug-likeness (QED) is 0.327. The van der Waals surface area contributed by atoms with Crippen LogP contribution in [0.1, 0.15) is 28.4 Å². The highest BCUT2D eigenvalue weighted by Crippen LogP contribution is 2.29. The van der Waals surface area contributed by atoms with Crippen molar-refractivity contribution in [2.45, 2.75) is 19.5 Å². The first-order valence-corrected chi connectivity index (χ1v) is 7.85. The minimum absolute atomic E-state index is 0.0207. The van der Waals surface area contributed by atoms with Crippen LogP contribution < -0.4 is 0 Å². The number of halogens is 4. The first-order chi connectivity index (χ1) is 12.2. The zero-order valence-corrected chi connectivity index (χ0v) is 13.8. The van der Waals surface area contributed by atoms with Gasteiger partial charge in [-0.1, -0.05) is 24.3 Å². The van der Waals surface area contributed by atoms with E-state index in [0.29, 0.717) is 5.56 Å². The zero-order chi connectivity index (χ0) is 19.3. The van der Waals surface area contributed by atoms with E-state index in [1.54, 1.807) is 6.92 Å². The summed E-state index contributed by atoms with van der Waals surface area (Å²) in [6.45, 7) is 1.58. The summed E-state index contributed by atoms with van der Waals surface area (Å²) in [5.74, 6) is -3.75. The van der Waals surface area contributed by atoms with E-state index >= 15 is 0 Å². The molecule has 1 atom stereocenters. The number of carbonyl (C=O) groups is 2. The summed E-state index contributed by atoms with van der Waals surface area (Å²) in [4.78, 5) is 24.7. The molecule has 1 unspecified atom stereocenters. The fourth-order valence-corrected chi connectivity index (χ4v) is 2.44. The molecule has 0 N–H and O–H groups in total. The van der Waals surface area contributed by atoms with Crippen molar-refractivity contribution < 1.29 is 31.9 Å². The smallest absolute Gasteiger partial charge is 0.416 e. The van der Waals surface area contributed by atoms with Gasteiger partial charge in [0, 0.05) is 0 Å². The van der Waals surface area contributed by atoms with Gasteiger partial charge >= 0.3 is 12.1 Å². The Morgan fingerprint density at radius 2 is 1.65 bits per heavy atom. The Kier molecular flexibility index (Phi) is 6.13. The predicted molar refractivity (Wildman–Crippen MR) is 86.0 cm³/mol. The van der Waals surface area contributed by atoms with E-state index in [1.165, 1.54) is 30.3 Å². The molecule has 0 saturated carbocycles. The fraction of sp³-hybridized carbons (Fsp3) is 0.263. The van der Waals surface area contributed by atoms with Crippen molar-refractivity contribution in [3.63, 3.8) is 0 Å². The molecule has 0 aliphatic rings. The Bertz CT molecular complexity index is 782. The van der Waals surface area contributed by atoms with Gasteiger partial charge in [0.25, 0.3) is 0 Å². The summed E-state index contributed by atoms with van der Waals surface area (Å²) >= 11 is 0. The average Bonchev–Trinajstić information content (AvgIpc) is 2.59. The molecular formula is C19H16F4O3. The molecule has 7 heteroatoms. The first-order valence-electron chi connectivity index (χ1n) is 7.85. The summed E-state index contributed by atoms with van der Waals surface area (Å²) in [6, 6.07) is 9.30. The topological polar surface area (TPSA) is 43.4 Å². The van der Waals surface area contributed by atoms with Crippen LogP contribution in [0.25, 0.3) is 0 Å². The third kappa shape index (κ3) is 4.68. The number of esters is 1. The van der Waals surface area contributed by atoms with Gasteiger partial charge in [-0.05, 0) is 43.2 Å². The molecule has 0 bridgehead atoms. The molecule has 2 aromatic rings. The van der Waals surface area contributed by atoms with Gasteiger partial charge in [-0.25, -0.2) is 4.39 Å². The standard InChI is InChI=1S/C19H16F4O3/c1-2-26-18(25)15(17(24)14-5-3-4-6-16(14)20)11-12-7-9-13(10-8-12)19(21,22)23/h3-10,15H,2,11H2,1H3. The predicted octanol–water partition coefficient (Wildman–Crippen LogP) is 4.45. The van der Waals surface area contributed by atoms with Crippen molar-refractivity contribution in [3.05, 3.63) is 71.0 Å². The summed E-state index contributed by atoms with van der Waals surface area (Å²) in [6.07, 6.45) is -4.67. The summed E-state index contributed by atoms with van der Waals surface area (Å²) < 4.78 is 56.7. The fourth-order valence-electron chi connectivity index (χ4n) is 2.44. The number of ether oxygens (including phenoxy) is 1. The first kappa shape index (κ1) is 19.6. The van der Waals surface area contributed by atoms with Gasteiger partial charge in [-0.2, -0.15) is 13.2 Å². The number of alkyl halides is 3. The molecule has 0 aliphatic heterocycles. The third-order valence-corrected chi connectivity index (χ3v) is 3.75. The molecule has 0 radical (unpaired) electrons. The second-order valence-electron chi connectivity index (χ2n) is 5.55. The Morgan fingerprint density at radius 3 is 2.19 bits per heavy atom. The maximum absolute atomic E-state index is 13.9. The Hall–Kier alpha value is -2.70. The Morgan fingerprint density at radius 1 is 1.04 bits per heavy atom. The summed E-state index contributed by atoms with van der Waals surface area (Å²) in [7, 11) is 0. The molecule has 0 fully saturated rings. The van der Waals surface area contributed by atoms with Gasteiger partial charge in [-0.3, -0.25) is 9.59 Å². The van der Waals surface area contributed by atoms with Crippen LogP contribution in [0.3, 0.4) is 0 Å². The maximum Gasteiger partial charge on any atom is 0.416 e. The molecule has 0 heterocycles. The molecule has 0 aromatic heterocycles. The number of benzene rings is 2. The lowest BCUT2D eigenvalue weighted by molar-refractivity contribution is -0.146. The van der Waals surface area contributed by atoms with E-state index in [-0.39, 0.29) is 18.6 Å². The van der Waals surface area contributed by atoms with Crippen molar-refractivity contribution in [3.8, 4) is 0 Å². The lowest BCUT2D eigenvalue weighted by Gasteiger charge is -2.16. The molecule has 0 spiro atoms. The van der Waals surface area contributed by atoms with Crippen molar-refractivity contribution in [1.29, 1.82) is 0 Å². The normalized spacial score (nSPS) is 12.5. The van der Waals surface area contributed by atoms with Gasteiger partial charge in [-0.15, -0.1) is 0 Å². The van der Waals surface area contributed by atoms with E-state index in [0.717, 1.165) is 18.2 Å². The van der Waals surface area contributed by atoms with Gasteiger partial charge in [0.05, 0.1) is 17.7 Å². The minimum Gasteiger partial charge on any atom is -0.465 e. The molecule has 0 saturated heterocycles. The number of Topliss-reactive ketones (excluding diaryl/α,β-unsaturated/α-hetero) is 1. The van der Waals surface area contributed by atoms with Crippen LogP contribution in [0.5, 0.6) is 0 Å². The van der Waals surface area contributed by atoms with E-state index in [9.17, 15) is 27.2 Å². The third-order valence-electron chi connectivity index (χ3n) is 3.75. The number of carbonyl (C=O) groups excluding carboxylic acids is 2. The number of hydrogen-bond acceptors (Lipinski definition) is 3. The van der Waals surface area contributed by atoms with Crippen molar-refractivity contribution in [2.24, 2.45) is 5.92 Å². The van der Waals surface area contributed by atoms with E-state index < -0.39 is 35.2 Å². The minimum atomic E-state index is -4.48. The van der Waals surface area contributed by atoms with Crippen LogP contribution in [0.4, 0.5) is 17.6 Å². The Labute approximate surface area is 147 Å². The zero-order valence-electron chi connectivity index (χ0n) is 13.8. The van der Waals surface area contributed by atoms with Crippen LogP contribution in [0.15, 0.2) is 48.5 Å². The number of hydrogen-bond donors (Lipinski definition) is 0. The lowest BCUT2D eigenvalue weighted by Crippen LogP contribution is -2.29. The van der Waals surface area contributed by atoms with Crippen LogP contribution in [-0.4, -0.2) is 18.4 Å². The van der Waals surface area contributed by atoms with E-state index in [1.807, 2.05) is 0 Å². The van der Waals surface area contributed by atoms with Gasteiger partial charge < -0.3 is 4.74 Å². The average molecular weight is 368 g/mol. The monoisotopic (exact) mass is 368 g/mol. The summed E-state index contributed by atoms with van der Waals surface area (Å²) in [5.41, 5.74) is -0.771. The maximum atomic E-state index is 13.9. The van der Waals surface area contributed by atoms with Gasteiger partial charge in [0.15, 0.2) is 5.78 Å². The molecule has 2 aromatic carbocycles. The molecule has 2 rings (SSSR count). The Balaban J connectivity index is 2.29. The van der Waals surface area contributed by atoms with Crippen LogP contribution >= 0.6 is 0 Å². The van der Waals surface area contributed by atoms with E-state index in [2.05, 4.69) is 0 Å². The number of rotatable bonds is 6. The van der Waals surface area contributed by atoms with Gasteiger partial charge in [0.1, 0.15) is 11.7 Å². The highest BCUT2D eigenvalue weighted by molar-refractivity contribution is 6.09. The molecule has 0 aliphatic carbocycles. The molecule has 138 valence electrons. The number of ketones is 1. The lowest BCUT2D eigenvalue weighted by atomic mass is 9.90. The van der Waals surface area contributed by atoms with Crippen molar-refractivity contribution in [1.82, 2.24) is 0 Å². The van der Waals surface area contributed by atoms with Crippen molar-refractivity contribution in [2.75, 3.05) is 6.61 Å². The SMILES string of the molecule is CCOC(=O)C(Cc1ccc(C(F)(F)F)cc1)C(=O)c1ccccc1F. The highest BCUT2D eigenvalue weighted by Gasteiger charge is 2.32. The van der Waals surface area contributed by atoms with Crippen LogP contribution in [-0.2, 0) is 22.1 Å². The van der Waals surface area contributed by atoms with Crippen LogP contribution in [0, 0.1) is 11.7 Å². The largest absolute Gasteiger partial charge is 0.465 e. The molecular weight excluding hydrogens is 352 g/mol. The molecule has 0 amide bonds. The summed E-state index contributed by atoms with van der Waals surface area (Å²) in [5, 5.41) is 0. The molecule has 3 nitrogen and oxygen atoms in total. The molecule has 26 heavy (non-hydrogen) atoms. The van der Waals surface area contributed by atoms with E-state index in [4.69, 9.17) is 4.74 Å².